The van der Waals surface area contributed by atoms with Crippen LogP contribution < -0.4 is 10.9 Å². The Morgan fingerprint density at radius 3 is 2.52 bits per heavy atom. The number of anilines is 1. The Balaban J connectivity index is 2.34. The number of hydrogen-bond donors (Lipinski definition) is 1. The van der Waals surface area contributed by atoms with Crippen molar-refractivity contribution in [3.63, 3.8) is 0 Å². The summed E-state index contributed by atoms with van der Waals surface area (Å²) in [7, 11) is -0.831. The van der Waals surface area contributed by atoms with Gasteiger partial charge in [0.05, 0.1) is 16.1 Å². The number of hydrogen-bond acceptors (Lipinski definition) is 5. The van der Waals surface area contributed by atoms with Crippen LogP contribution in [0.15, 0.2) is 34.1 Å². The summed E-state index contributed by atoms with van der Waals surface area (Å²) in [6.07, 6.45) is 1.17. The molecular formula is C16H18Cl2N4O4S. The van der Waals surface area contributed by atoms with E-state index in [4.69, 9.17) is 23.2 Å². The fourth-order valence-corrected chi connectivity index (χ4v) is 3.61. The zero-order chi connectivity index (χ0) is 20.5. The third-order valence-electron chi connectivity index (χ3n) is 3.86. The highest BCUT2D eigenvalue weighted by Gasteiger charge is 2.23. The van der Waals surface area contributed by atoms with Crippen molar-refractivity contribution >= 4 is 44.8 Å². The molecule has 1 heterocycles. The van der Waals surface area contributed by atoms with Crippen molar-refractivity contribution in [2.75, 3.05) is 19.4 Å². The maximum absolute atomic E-state index is 12.5. The van der Waals surface area contributed by atoms with Crippen LogP contribution in [0.5, 0.6) is 0 Å². The Labute approximate surface area is 166 Å². The molecule has 1 aromatic carbocycles. The van der Waals surface area contributed by atoms with Gasteiger partial charge in [0.1, 0.15) is 11.1 Å². The molecule has 0 saturated heterocycles. The third kappa shape index (κ3) is 4.32. The molecule has 8 nitrogen and oxygen atoms in total. The summed E-state index contributed by atoms with van der Waals surface area (Å²) in [5.41, 5.74) is 0.106. The summed E-state index contributed by atoms with van der Waals surface area (Å²) >= 11 is 11.5. The van der Waals surface area contributed by atoms with Gasteiger partial charge in [-0.15, -0.1) is 0 Å². The molecule has 1 atom stereocenters. The first-order chi connectivity index (χ1) is 12.5. The van der Waals surface area contributed by atoms with Crippen LogP contribution in [0.1, 0.15) is 18.5 Å². The Bertz CT molecular complexity index is 1050. The summed E-state index contributed by atoms with van der Waals surface area (Å²) in [4.78, 5) is 24.7. The molecule has 0 bridgehead atoms. The fourth-order valence-electron chi connectivity index (χ4n) is 2.21. The van der Waals surface area contributed by atoms with Crippen LogP contribution in [0.25, 0.3) is 0 Å². The minimum atomic E-state index is -3.67. The Hall–Kier alpha value is -1.94. The van der Waals surface area contributed by atoms with Gasteiger partial charge in [0.25, 0.3) is 5.56 Å². The molecule has 1 amide bonds. The van der Waals surface area contributed by atoms with Gasteiger partial charge in [0.2, 0.25) is 15.9 Å². The van der Waals surface area contributed by atoms with E-state index >= 15 is 0 Å². The lowest BCUT2D eigenvalue weighted by Gasteiger charge is -2.17. The number of nitrogens with zero attached hydrogens (tertiary/aromatic N) is 3. The lowest BCUT2D eigenvalue weighted by Crippen LogP contribution is -2.33. The average Bonchev–Trinajstić information content (AvgIpc) is 2.60. The van der Waals surface area contributed by atoms with E-state index in [1.807, 2.05) is 0 Å². The van der Waals surface area contributed by atoms with Crippen LogP contribution in [-0.4, -0.2) is 42.5 Å². The van der Waals surface area contributed by atoms with Crippen LogP contribution in [0.3, 0.4) is 0 Å². The average molecular weight is 433 g/mol. The maximum Gasteiger partial charge on any atom is 0.287 e. The first-order valence-electron chi connectivity index (χ1n) is 7.73. The minimum Gasteiger partial charge on any atom is -0.324 e. The van der Waals surface area contributed by atoms with E-state index < -0.39 is 27.5 Å². The Morgan fingerprint density at radius 2 is 1.93 bits per heavy atom. The van der Waals surface area contributed by atoms with Crippen LogP contribution in [0, 0.1) is 6.92 Å². The van der Waals surface area contributed by atoms with Crippen molar-refractivity contribution in [1.82, 2.24) is 14.1 Å². The molecule has 1 N–H and O–H groups in total. The topological polar surface area (TPSA) is 101 Å². The zero-order valence-electron chi connectivity index (χ0n) is 15.0. The molecule has 11 heteroatoms. The van der Waals surface area contributed by atoms with Gasteiger partial charge in [0.15, 0.2) is 0 Å². The number of rotatable bonds is 5. The number of sulfonamides is 1. The van der Waals surface area contributed by atoms with Crippen LogP contribution in [0.2, 0.25) is 10.0 Å². The molecule has 0 radical (unpaired) electrons. The number of benzene rings is 1. The molecule has 1 unspecified atom stereocenters. The summed E-state index contributed by atoms with van der Waals surface area (Å²) in [6.45, 7) is 3.11. The molecular weight excluding hydrogens is 415 g/mol. The third-order valence-corrected chi connectivity index (χ3v) is 6.57. The molecule has 0 aliphatic rings. The first kappa shape index (κ1) is 21.4. The summed E-state index contributed by atoms with van der Waals surface area (Å²) in [5.74, 6) is -0.569. The van der Waals surface area contributed by atoms with Crippen molar-refractivity contribution in [3.8, 4) is 0 Å². The molecule has 0 fully saturated rings. The quantitative estimate of drug-likeness (QED) is 0.780. The van der Waals surface area contributed by atoms with Crippen molar-refractivity contribution in [2.45, 2.75) is 24.8 Å². The second kappa shape index (κ2) is 7.97. The number of aryl methyl sites for hydroxylation is 1. The van der Waals surface area contributed by atoms with Gasteiger partial charge in [-0.3, -0.25) is 9.59 Å². The van der Waals surface area contributed by atoms with E-state index in [0.29, 0.717) is 5.56 Å². The number of amides is 1. The van der Waals surface area contributed by atoms with E-state index in [-0.39, 0.29) is 20.6 Å². The standard InChI is InChI=1S/C16H18Cl2N4O4S/c1-9-5-6-11(7-13(9)27(25,26)21(3)4)20-15(23)10(2)22-16(24)14(18)12(17)8-19-22/h5-8,10H,1-4H3,(H,20,23). The van der Waals surface area contributed by atoms with Crippen LogP contribution in [-0.2, 0) is 14.8 Å². The van der Waals surface area contributed by atoms with Gasteiger partial charge in [-0.2, -0.15) is 5.10 Å². The first-order valence-corrected chi connectivity index (χ1v) is 9.93. The maximum atomic E-state index is 12.5. The highest BCUT2D eigenvalue weighted by atomic mass is 35.5. The Kier molecular flexibility index (Phi) is 6.31. The van der Waals surface area contributed by atoms with Crippen LogP contribution in [0.4, 0.5) is 5.69 Å². The minimum absolute atomic E-state index is 0.0115. The molecule has 0 spiro atoms. The zero-order valence-corrected chi connectivity index (χ0v) is 17.4. The predicted octanol–water partition coefficient (Wildman–Crippen LogP) is 2.31. The van der Waals surface area contributed by atoms with Gasteiger partial charge in [0, 0.05) is 19.8 Å². The van der Waals surface area contributed by atoms with Gasteiger partial charge in [-0.05, 0) is 31.5 Å². The van der Waals surface area contributed by atoms with Gasteiger partial charge in [-0.25, -0.2) is 17.4 Å². The molecule has 0 aliphatic heterocycles. The highest BCUT2D eigenvalue weighted by molar-refractivity contribution is 7.89. The second-order valence-electron chi connectivity index (χ2n) is 5.99. The monoisotopic (exact) mass is 432 g/mol. The molecule has 2 aromatic rings. The number of halogens is 2. The van der Waals surface area contributed by atoms with E-state index in [0.717, 1.165) is 8.99 Å². The molecule has 2 rings (SSSR count). The fraction of sp³-hybridized carbons (Fsp3) is 0.312. The van der Waals surface area contributed by atoms with Crippen molar-refractivity contribution < 1.29 is 13.2 Å². The van der Waals surface area contributed by atoms with Crippen LogP contribution >= 0.6 is 23.2 Å². The molecule has 146 valence electrons. The molecule has 27 heavy (non-hydrogen) atoms. The second-order valence-corrected chi connectivity index (χ2v) is 8.89. The van der Waals surface area contributed by atoms with Crippen molar-refractivity contribution in [2.24, 2.45) is 0 Å². The molecule has 1 aromatic heterocycles. The van der Waals surface area contributed by atoms with Gasteiger partial charge >= 0.3 is 0 Å². The summed E-state index contributed by atoms with van der Waals surface area (Å²) in [5, 5.41) is 6.16. The number of carbonyl (C=O) groups excluding carboxylic acids is 1. The SMILES string of the molecule is Cc1ccc(NC(=O)C(C)n2ncc(Cl)c(Cl)c2=O)cc1S(=O)(=O)N(C)C. The summed E-state index contributed by atoms with van der Waals surface area (Å²) in [6, 6.07) is 3.52. The lowest BCUT2D eigenvalue weighted by atomic mass is 10.2. The number of aromatic nitrogens is 2. The normalized spacial score (nSPS) is 12.9. The predicted molar refractivity (Wildman–Crippen MR) is 104 cm³/mol. The smallest absolute Gasteiger partial charge is 0.287 e. The largest absolute Gasteiger partial charge is 0.324 e. The van der Waals surface area contributed by atoms with Gasteiger partial charge in [-0.1, -0.05) is 29.3 Å². The highest BCUT2D eigenvalue weighted by Crippen LogP contribution is 2.23. The van der Waals surface area contributed by atoms with Crippen molar-refractivity contribution in [1.29, 1.82) is 0 Å². The van der Waals surface area contributed by atoms with E-state index in [1.54, 1.807) is 19.1 Å². The lowest BCUT2D eigenvalue weighted by molar-refractivity contribution is -0.119. The number of carbonyl (C=O) groups is 1. The van der Waals surface area contributed by atoms with Crippen molar-refractivity contribution in [3.05, 3.63) is 50.4 Å². The Morgan fingerprint density at radius 1 is 1.30 bits per heavy atom. The summed E-state index contributed by atoms with van der Waals surface area (Å²) < 4.78 is 26.8. The van der Waals surface area contributed by atoms with E-state index in [1.165, 1.54) is 33.3 Å². The number of nitrogens with one attached hydrogen (secondary N) is 1. The van der Waals surface area contributed by atoms with E-state index in [2.05, 4.69) is 10.4 Å². The molecule has 0 aliphatic carbocycles. The van der Waals surface area contributed by atoms with Gasteiger partial charge < -0.3 is 5.32 Å². The molecule has 0 saturated carbocycles. The van der Waals surface area contributed by atoms with E-state index in [9.17, 15) is 18.0 Å².